The Morgan fingerprint density at radius 2 is 2.07 bits per heavy atom. The molecular weight excluding hydrogens is 408 g/mol. The van der Waals surface area contributed by atoms with E-state index in [0.717, 1.165) is 10.4 Å². The summed E-state index contributed by atoms with van der Waals surface area (Å²) in [5.41, 5.74) is 0.678. The van der Waals surface area contributed by atoms with Crippen LogP contribution in [-0.2, 0) is 21.4 Å². The van der Waals surface area contributed by atoms with Crippen molar-refractivity contribution in [1.29, 1.82) is 0 Å². The fraction of sp³-hybridized carbons (Fsp3) is 0.176. The molecular formula is C17H15ClN4O5S. The number of aromatic nitrogens is 3. The number of nitrogens with zero attached hydrogens (tertiary/aromatic N) is 4. The largest absolute Gasteiger partial charge is 0.452 e. The van der Waals surface area contributed by atoms with E-state index in [0.29, 0.717) is 11.4 Å². The van der Waals surface area contributed by atoms with Crippen LogP contribution in [0, 0.1) is 0 Å². The number of rotatable bonds is 6. The van der Waals surface area contributed by atoms with E-state index in [1.165, 1.54) is 26.2 Å². The Morgan fingerprint density at radius 3 is 2.75 bits per heavy atom. The monoisotopic (exact) mass is 422 g/mol. The van der Waals surface area contributed by atoms with Crippen molar-refractivity contribution in [2.75, 3.05) is 14.1 Å². The fourth-order valence-electron chi connectivity index (χ4n) is 2.16. The van der Waals surface area contributed by atoms with Gasteiger partial charge in [-0.2, -0.15) is 4.98 Å². The van der Waals surface area contributed by atoms with Gasteiger partial charge >= 0.3 is 5.97 Å². The van der Waals surface area contributed by atoms with Gasteiger partial charge in [0.2, 0.25) is 15.8 Å². The molecule has 1 aromatic carbocycles. The Hall–Kier alpha value is -2.82. The summed E-state index contributed by atoms with van der Waals surface area (Å²) in [6.45, 7) is -0.273. The van der Waals surface area contributed by atoms with Crippen molar-refractivity contribution in [2.45, 2.75) is 11.5 Å². The standard InChI is InChI=1S/C17H15ClN4O5S/c1-22(2)28(24,25)14-8-11(5-6-13(14)18)17(23)26-10-15-20-16(21-27-15)12-4-3-7-19-9-12/h3-9H,10H2,1-2H3. The van der Waals surface area contributed by atoms with E-state index in [4.69, 9.17) is 20.9 Å². The molecule has 3 aromatic rings. The minimum absolute atomic E-state index is 0.00302. The predicted octanol–water partition coefficient (Wildman–Crippen LogP) is 2.39. The summed E-state index contributed by atoms with van der Waals surface area (Å²) >= 11 is 5.97. The van der Waals surface area contributed by atoms with Gasteiger partial charge in [-0.25, -0.2) is 17.5 Å². The molecule has 0 aliphatic carbocycles. The molecule has 0 fully saturated rings. The van der Waals surface area contributed by atoms with Gasteiger partial charge in [0.25, 0.3) is 5.89 Å². The summed E-state index contributed by atoms with van der Waals surface area (Å²) in [5.74, 6) is -0.361. The van der Waals surface area contributed by atoms with Crippen LogP contribution in [0.25, 0.3) is 11.4 Å². The van der Waals surface area contributed by atoms with Crippen LogP contribution in [0.1, 0.15) is 16.2 Å². The first-order chi connectivity index (χ1) is 13.3. The van der Waals surface area contributed by atoms with Crippen LogP contribution >= 0.6 is 11.6 Å². The molecule has 0 atom stereocenters. The summed E-state index contributed by atoms with van der Waals surface area (Å²) in [5, 5.41) is 3.80. The van der Waals surface area contributed by atoms with Gasteiger partial charge < -0.3 is 9.26 Å². The number of carbonyl (C=O) groups excluding carboxylic acids is 1. The van der Waals surface area contributed by atoms with Crippen molar-refractivity contribution in [3.63, 3.8) is 0 Å². The van der Waals surface area contributed by atoms with Crippen molar-refractivity contribution >= 4 is 27.6 Å². The summed E-state index contributed by atoms with van der Waals surface area (Å²) in [7, 11) is -1.08. The molecule has 11 heteroatoms. The van der Waals surface area contributed by atoms with Crippen LogP contribution in [0.15, 0.2) is 52.1 Å². The van der Waals surface area contributed by atoms with Crippen molar-refractivity contribution in [3.05, 3.63) is 59.2 Å². The third kappa shape index (κ3) is 4.19. The average Bonchev–Trinajstić information content (AvgIpc) is 3.16. The highest BCUT2D eigenvalue weighted by atomic mass is 35.5. The van der Waals surface area contributed by atoms with E-state index in [-0.39, 0.29) is 28.0 Å². The first-order valence-electron chi connectivity index (χ1n) is 7.91. The number of hydrogen-bond donors (Lipinski definition) is 0. The van der Waals surface area contributed by atoms with Gasteiger partial charge in [0.05, 0.1) is 10.6 Å². The Bertz CT molecular complexity index is 1100. The molecule has 0 N–H and O–H groups in total. The molecule has 0 saturated heterocycles. The van der Waals surface area contributed by atoms with Crippen LogP contribution in [0.5, 0.6) is 0 Å². The highest BCUT2D eigenvalue weighted by Crippen LogP contribution is 2.25. The highest BCUT2D eigenvalue weighted by molar-refractivity contribution is 7.89. The topological polar surface area (TPSA) is 115 Å². The van der Waals surface area contributed by atoms with E-state index in [1.54, 1.807) is 24.5 Å². The number of ether oxygens (including phenoxy) is 1. The van der Waals surface area contributed by atoms with E-state index >= 15 is 0 Å². The number of esters is 1. The first kappa shape index (κ1) is 19.9. The quantitative estimate of drug-likeness (QED) is 0.556. The normalized spacial score (nSPS) is 11.6. The lowest BCUT2D eigenvalue weighted by atomic mass is 10.2. The molecule has 0 unspecified atom stereocenters. The van der Waals surface area contributed by atoms with Crippen LogP contribution in [0.2, 0.25) is 5.02 Å². The predicted molar refractivity (Wildman–Crippen MR) is 99.0 cm³/mol. The Kier molecular flexibility index (Phi) is 5.73. The zero-order valence-corrected chi connectivity index (χ0v) is 16.4. The van der Waals surface area contributed by atoms with Crippen molar-refractivity contribution in [2.24, 2.45) is 0 Å². The molecule has 28 heavy (non-hydrogen) atoms. The summed E-state index contributed by atoms with van der Waals surface area (Å²) in [4.78, 5) is 20.2. The third-order valence-corrected chi connectivity index (χ3v) is 5.94. The van der Waals surface area contributed by atoms with Gasteiger partial charge in [0, 0.05) is 32.1 Å². The van der Waals surface area contributed by atoms with Crippen LogP contribution < -0.4 is 0 Å². The lowest BCUT2D eigenvalue weighted by molar-refractivity contribution is 0.0429. The maximum absolute atomic E-state index is 12.3. The molecule has 0 spiro atoms. The Balaban J connectivity index is 1.73. The number of carbonyl (C=O) groups is 1. The molecule has 9 nitrogen and oxygen atoms in total. The lowest BCUT2D eigenvalue weighted by Gasteiger charge is -2.13. The second kappa shape index (κ2) is 8.05. The molecule has 0 radical (unpaired) electrons. The SMILES string of the molecule is CN(C)S(=O)(=O)c1cc(C(=O)OCc2nc(-c3cccnc3)no2)ccc1Cl. The van der Waals surface area contributed by atoms with Gasteiger partial charge in [0.15, 0.2) is 6.61 Å². The maximum Gasteiger partial charge on any atom is 0.338 e. The third-order valence-electron chi connectivity index (χ3n) is 3.64. The number of benzene rings is 1. The Morgan fingerprint density at radius 1 is 1.29 bits per heavy atom. The molecule has 0 bridgehead atoms. The molecule has 0 amide bonds. The number of sulfonamides is 1. The van der Waals surface area contributed by atoms with Crippen molar-refractivity contribution in [1.82, 2.24) is 19.4 Å². The van der Waals surface area contributed by atoms with Gasteiger partial charge in [-0.1, -0.05) is 16.8 Å². The van der Waals surface area contributed by atoms with Crippen LogP contribution in [-0.4, -0.2) is 47.9 Å². The lowest BCUT2D eigenvalue weighted by Crippen LogP contribution is -2.23. The Labute approximate surface area is 166 Å². The molecule has 2 heterocycles. The summed E-state index contributed by atoms with van der Waals surface area (Å²) in [6, 6.07) is 7.34. The van der Waals surface area contributed by atoms with E-state index in [1.807, 2.05) is 0 Å². The zero-order chi connectivity index (χ0) is 20.3. The number of pyridine rings is 1. The van der Waals surface area contributed by atoms with Gasteiger partial charge in [-0.15, -0.1) is 0 Å². The second-order valence-electron chi connectivity index (χ2n) is 5.76. The van der Waals surface area contributed by atoms with Gasteiger partial charge in [0.1, 0.15) is 4.90 Å². The molecule has 3 rings (SSSR count). The van der Waals surface area contributed by atoms with Crippen LogP contribution in [0.3, 0.4) is 0 Å². The average molecular weight is 423 g/mol. The number of halogens is 1. The second-order valence-corrected chi connectivity index (χ2v) is 8.29. The first-order valence-corrected chi connectivity index (χ1v) is 9.73. The summed E-state index contributed by atoms with van der Waals surface area (Å²) < 4.78 is 35.8. The molecule has 2 aromatic heterocycles. The van der Waals surface area contributed by atoms with Crippen molar-refractivity contribution in [3.8, 4) is 11.4 Å². The molecule has 146 valence electrons. The van der Waals surface area contributed by atoms with E-state index in [2.05, 4.69) is 15.1 Å². The van der Waals surface area contributed by atoms with E-state index in [9.17, 15) is 13.2 Å². The van der Waals surface area contributed by atoms with Crippen LogP contribution in [0.4, 0.5) is 0 Å². The smallest absolute Gasteiger partial charge is 0.338 e. The maximum atomic E-state index is 12.3. The highest BCUT2D eigenvalue weighted by Gasteiger charge is 2.23. The minimum Gasteiger partial charge on any atom is -0.452 e. The van der Waals surface area contributed by atoms with Crippen molar-refractivity contribution < 1.29 is 22.5 Å². The zero-order valence-electron chi connectivity index (χ0n) is 14.9. The van der Waals surface area contributed by atoms with E-state index < -0.39 is 16.0 Å². The molecule has 0 saturated carbocycles. The van der Waals surface area contributed by atoms with Gasteiger partial charge in [-0.3, -0.25) is 4.98 Å². The molecule has 0 aliphatic heterocycles. The fourth-order valence-corrected chi connectivity index (χ4v) is 3.55. The summed E-state index contributed by atoms with van der Waals surface area (Å²) in [6.07, 6.45) is 3.18. The van der Waals surface area contributed by atoms with Gasteiger partial charge in [-0.05, 0) is 30.3 Å². The minimum atomic E-state index is -3.81. The molecule has 0 aliphatic rings. The number of hydrogen-bond acceptors (Lipinski definition) is 8.